The lowest BCUT2D eigenvalue weighted by Gasteiger charge is -2.27. The molecular formula is C30H52N12O12. The summed E-state index contributed by atoms with van der Waals surface area (Å²) in [6, 6.07) is -2.48. The van der Waals surface area contributed by atoms with E-state index in [0.717, 1.165) is 0 Å². The van der Waals surface area contributed by atoms with Gasteiger partial charge in [-0.2, -0.15) is 0 Å². The van der Waals surface area contributed by atoms with Crippen molar-refractivity contribution in [3.8, 4) is 0 Å². The van der Waals surface area contributed by atoms with E-state index in [9.17, 15) is 19.2 Å². The molecule has 54 heavy (non-hydrogen) atoms. The van der Waals surface area contributed by atoms with Gasteiger partial charge in [0, 0.05) is 32.7 Å². The van der Waals surface area contributed by atoms with Gasteiger partial charge in [-0.3, -0.25) is 19.2 Å². The Morgan fingerprint density at radius 1 is 0.556 bits per heavy atom. The smallest absolute Gasteiger partial charge is 0.315 e. The summed E-state index contributed by atoms with van der Waals surface area (Å²) in [6.07, 6.45) is -0.226. The van der Waals surface area contributed by atoms with Crippen LogP contribution in [0.15, 0.2) is 20.5 Å². The molecule has 0 spiro atoms. The van der Waals surface area contributed by atoms with Crippen LogP contribution in [0.2, 0.25) is 0 Å². The molecule has 0 rings (SSSR count). The number of carbonyl (C=O) groups excluding carboxylic acids is 3. The number of nitrogens with zero attached hydrogens (tertiary/aromatic N) is 12. The zero-order valence-corrected chi connectivity index (χ0v) is 31.9. The van der Waals surface area contributed by atoms with Crippen molar-refractivity contribution in [1.82, 2.24) is 0 Å². The van der Waals surface area contributed by atoms with E-state index in [2.05, 4.69) is 40.1 Å². The number of azide groups is 4. The Kier molecular flexibility index (Phi) is 27.8. The molecule has 1 N–H and O–H groups in total. The van der Waals surface area contributed by atoms with Crippen molar-refractivity contribution < 1.29 is 57.4 Å². The van der Waals surface area contributed by atoms with Gasteiger partial charge in [0.05, 0.1) is 63.7 Å². The highest BCUT2D eigenvalue weighted by molar-refractivity contribution is 5.80. The van der Waals surface area contributed by atoms with Crippen molar-refractivity contribution in [2.75, 3.05) is 79.2 Å². The Balaban J connectivity index is 0. The molecule has 304 valence electrons. The molecule has 0 saturated carbocycles. The number of hydrogen-bond donors (Lipinski definition) is 1. The molecule has 0 aliphatic carbocycles. The molecule has 24 heteroatoms. The van der Waals surface area contributed by atoms with Crippen molar-refractivity contribution in [2.45, 2.75) is 79.0 Å². The highest BCUT2D eigenvalue weighted by Gasteiger charge is 2.37. The Morgan fingerprint density at radius 3 is 1.26 bits per heavy atom. The van der Waals surface area contributed by atoms with Crippen molar-refractivity contribution in [1.29, 1.82) is 0 Å². The highest BCUT2D eigenvalue weighted by Crippen LogP contribution is 2.28. The average molecular weight is 773 g/mol. The molecule has 0 bridgehead atoms. The number of hydrogen-bond acceptors (Lipinski definition) is 15. The quantitative estimate of drug-likeness (QED) is 0.0262. The normalized spacial score (nSPS) is 12.1. The van der Waals surface area contributed by atoms with Gasteiger partial charge in [0.1, 0.15) is 30.9 Å². The van der Waals surface area contributed by atoms with Gasteiger partial charge < -0.3 is 38.3 Å². The number of ether oxygens (including phenoxy) is 7. The zero-order valence-electron chi connectivity index (χ0n) is 31.9. The molecule has 0 heterocycles. The first-order valence-corrected chi connectivity index (χ1v) is 16.6. The summed E-state index contributed by atoms with van der Waals surface area (Å²) in [4.78, 5) is 57.8. The number of carboxylic acid groups (broad SMARTS) is 1. The first-order valence-electron chi connectivity index (χ1n) is 16.6. The van der Waals surface area contributed by atoms with E-state index in [-0.39, 0.29) is 59.0 Å². The van der Waals surface area contributed by atoms with Crippen LogP contribution in [0.3, 0.4) is 0 Å². The summed E-state index contributed by atoms with van der Waals surface area (Å²) < 4.78 is 36.2. The van der Waals surface area contributed by atoms with Gasteiger partial charge in [-0.05, 0) is 83.4 Å². The van der Waals surface area contributed by atoms with Crippen LogP contribution in [0.25, 0.3) is 41.8 Å². The second-order valence-electron chi connectivity index (χ2n) is 13.1. The van der Waals surface area contributed by atoms with Gasteiger partial charge in [0.2, 0.25) is 0 Å². The molecule has 24 nitrogen and oxygen atoms in total. The largest absolute Gasteiger partial charge is 0.481 e. The molecule has 0 aliphatic rings. The monoisotopic (exact) mass is 772 g/mol. The Morgan fingerprint density at radius 2 is 0.907 bits per heavy atom. The van der Waals surface area contributed by atoms with E-state index in [1.165, 1.54) is 13.8 Å². The standard InChI is InChI=1S/C17H30N6O6.C13H22N6O6/c1-16(2,3)29-14(24)13(21-23-19)12-17(4,5)15(25)28-11-10-27-9-8-26-7-6-20-22-18;1-13(2,9-10(11(20)21)17-19-15)12(22)25-8-7-24-6-5-23-4-3-16-18-14/h13H,6-12H2,1-5H3;10H,3-9H2,1-2H3,(H,20,21). The third kappa shape index (κ3) is 27.6. The predicted molar refractivity (Wildman–Crippen MR) is 189 cm³/mol. The molecule has 2 unspecified atom stereocenters. The highest BCUT2D eigenvalue weighted by atomic mass is 16.6. The summed E-state index contributed by atoms with van der Waals surface area (Å²) >= 11 is 0. The maximum absolute atomic E-state index is 12.3. The third-order valence-electron chi connectivity index (χ3n) is 6.32. The van der Waals surface area contributed by atoms with Gasteiger partial charge in [0.25, 0.3) is 0 Å². The van der Waals surface area contributed by atoms with Crippen LogP contribution in [-0.4, -0.2) is 126 Å². The van der Waals surface area contributed by atoms with E-state index in [1.54, 1.807) is 34.6 Å². The van der Waals surface area contributed by atoms with Crippen LogP contribution in [0.1, 0.15) is 61.3 Å². The molecule has 0 saturated heterocycles. The minimum atomic E-state index is -1.34. The fraction of sp³-hybridized carbons (Fsp3) is 0.867. The van der Waals surface area contributed by atoms with Crippen molar-refractivity contribution in [3.05, 3.63) is 41.8 Å². The number of rotatable bonds is 28. The molecule has 0 amide bonds. The Hall–Kier alpha value is -5.04. The van der Waals surface area contributed by atoms with Gasteiger partial charge in [-0.1, -0.05) is 20.5 Å². The fourth-order valence-electron chi connectivity index (χ4n) is 3.70. The fourth-order valence-corrected chi connectivity index (χ4v) is 3.70. The summed E-state index contributed by atoms with van der Waals surface area (Å²) in [7, 11) is 0. The van der Waals surface area contributed by atoms with E-state index in [0.29, 0.717) is 33.0 Å². The van der Waals surface area contributed by atoms with Crippen LogP contribution in [0.4, 0.5) is 0 Å². The molecule has 0 aliphatic heterocycles. The van der Waals surface area contributed by atoms with Crippen LogP contribution < -0.4 is 0 Å². The van der Waals surface area contributed by atoms with Crippen LogP contribution >= 0.6 is 0 Å². The van der Waals surface area contributed by atoms with E-state index in [1.807, 2.05) is 0 Å². The predicted octanol–water partition coefficient (Wildman–Crippen LogP) is 5.36. The third-order valence-corrected chi connectivity index (χ3v) is 6.32. The van der Waals surface area contributed by atoms with Crippen molar-refractivity contribution in [3.63, 3.8) is 0 Å². The minimum absolute atomic E-state index is 0.000243. The topological polar surface area (TPSA) is 348 Å². The molecule has 2 atom stereocenters. The molecule has 0 aromatic heterocycles. The average Bonchev–Trinajstić information content (AvgIpc) is 3.08. The zero-order chi connectivity index (χ0) is 41.5. The second-order valence-corrected chi connectivity index (χ2v) is 13.1. The van der Waals surface area contributed by atoms with E-state index >= 15 is 0 Å². The van der Waals surface area contributed by atoms with Gasteiger partial charge in [-0.25, -0.2) is 0 Å². The number of carboxylic acids is 1. The van der Waals surface area contributed by atoms with Crippen LogP contribution in [0.5, 0.6) is 0 Å². The lowest BCUT2D eigenvalue weighted by atomic mass is 9.86. The lowest BCUT2D eigenvalue weighted by Crippen LogP contribution is -2.37. The molecule has 0 aromatic rings. The number of esters is 3. The first-order chi connectivity index (χ1) is 25.4. The number of aliphatic carboxylic acids is 1. The van der Waals surface area contributed by atoms with Gasteiger partial charge >= 0.3 is 23.9 Å². The summed E-state index contributed by atoms with van der Waals surface area (Å²) in [6.45, 7) is 14.0. The maximum atomic E-state index is 12.3. The Bertz CT molecular complexity index is 1350. The number of carbonyl (C=O) groups is 4. The second kappa shape index (κ2) is 29.4. The molecular weight excluding hydrogens is 720 g/mol. The first kappa shape index (κ1) is 51.1. The molecule has 0 aromatic carbocycles. The Labute approximate surface area is 312 Å². The van der Waals surface area contributed by atoms with Crippen molar-refractivity contribution >= 4 is 23.9 Å². The minimum Gasteiger partial charge on any atom is -0.481 e. The van der Waals surface area contributed by atoms with Gasteiger partial charge in [0.15, 0.2) is 0 Å². The van der Waals surface area contributed by atoms with E-state index in [4.69, 9.17) is 60.4 Å². The maximum Gasteiger partial charge on any atom is 0.315 e. The van der Waals surface area contributed by atoms with E-state index < -0.39 is 52.4 Å². The summed E-state index contributed by atoms with van der Waals surface area (Å²) in [5.41, 5.74) is 30.3. The summed E-state index contributed by atoms with van der Waals surface area (Å²) in [5, 5.41) is 22.2. The van der Waals surface area contributed by atoms with Gasteiger partial charge in [-0.15, -0.1) is 0 Å². The SMILES string of the molecule is CC(C)(C)OC(=O)C(CC(C)(C)C(=O)OCCOCCOCCN=[N+]=[N-])N=[N+]=[N-].CC(C)(CC(N=[N+]=[N-])C(=O)O)C(=O)OCCOCCOCCN=[N+]=[N-]. The van der Waals surface area contributed by atoms with Crippen molar-refractivity contribution in [2.24, 2.45) is 31.3 Å². The molecule has 0 fully saturated rings. The van der Waals surface area contributed by atoms with Crippen LogP contribution in [-0.2, 0) is 52.3 Å². The molecule has 0 radical (unpaired) electrons. The van der Waals surface area contributed by atoms with Crippen LogP contribution in [0, 0.1) is 10.8 Å². The summed E-state index contributed by atoms with van der Waals surface area (Å²) in [5.74, 6) is -3.16. The lowest BCUT2D eigenvalue weighted by molar-refractivity contribution is -0.161.